The van der Waals surface area contributed by atoms with Gasteiger partial charge in [-0.05, 0) is 130 Å². The van der Waals surface area contributed by atoms with Crippen molar-refractivity contribution in [2.45, 2.75) is 26.2 Å². The molecule has 1 aliphatic carbocycles. The third-order valence-electron chi connectivity index (χ3n) is 12.2. The van der Waals surface area contributed by atoms with Crippen LogP contribution in [0.15, 0.2) is 188 Å². The van der Waals surface area contributed by atoms with E-state index in [0.29, 0.717) is 0 Å². The van der Waals surface area contributed by atoms with Gasteiger partial charge in [0.05, 0.1) is 0 Å². The Kier molecular flexibility index (Phi) is 7.21. The molecule has 0 saturated carbocycles. The van der Waals surface area contributed by atoms with Crippen molar-refractivity contribution in [3.63, 3.8) is 0 Å². The van der Waals surface area contributed by atoms with Crippen LogP contribution in [0, 0.1) is 6.92 Å². The number of hydrogen-bond donors (Lipinski definition) is 0. The molecule has 0 N–H and O–H groups in total. The number of nitrogens with zero attached hydrogens (tertiary/aromatic N) is 3. The van der Waals surface area contributed by atoms with E-state index in [0.717, 1.165) is 22.7 Å². The SMILES string of the molecule is Cc1cc2c3c(c1)N(c1ccccc1)c1cc(N(c4ccccc4)c4ccccc4)ccc1B3c1ccccc1N2c1ccc2c(c1)-c1ccccc1C2(C)C. The lowest BCUT2D eigenvalue weighted by atomic mass is 9.33. The van der Waals surface area contributed by atoms with Gasteiger partial charge in [-0.25, -0.2) is 0 Å². The van der Waals surface area contributed by atoms with E-state index in [1.165, 1.54) is 72.6 Å². The Hall–Kier alpha value is -6.78. The van der Waals surface area contributed by atoms with Crippen LogP contribution in [0.1, 0.15) is 30.5 Å². The van der Waals surface area contributed by atoms with Gasteiger partial charge in [0.25, 0.3) is 6.71 Å². The van der Waals surface area contributed by atoms with Crippen molar-refractivity contribution in [2.24, 2.45) is 0 Å². The van der Waals surface area contributed by atoms with Crippen LogP contribution in [0.4, 0.5) is 51.2 Å². The molecule has 0 saturated heterocycles. The molecule has 0 bridgehead atoms. The van der Waals surface area contributed by atoms with E-state index in [4.69, 9.17) is 0 Å². The first-order valence-electron chi connectivity index (χ1n) is 19.6. The predicted molar refractivity (Wildman–Crippen MR) is 237 cm³/mol. The summed E-state index contributed by atoms with van der Waals surface area (Å²) in [6, 6.07) is 69.4. The Bertz CT molecular complexity index is 2770. The van der Waals surface area contributed by atoms with Crippen LogP contribution in [0.5, 0.6) is 0 Å². The summed E-state index contributed by atoms with van der Waals surface area (Å²) >= 11 is 0. The van der Waals surface area contributed by atoms with Crippen LogP contribution in [0.25, 0.3) is 11.1 Å². The molecule has 2 heterocycles. The minimum Gasteiger partial charge on any atom is -0.311 e. The van der Waals surface area contributed by atoms with E-state index in [1.54, 1.807) is 0 Å². The monoisotopic (exact) mass is 717 g/mol. The van der Waals surface area contributed by atoms with Gasteiger partial charge in [0.15, 0.2) is 0 Å². The summed E-state index contributed by atoms with van der Waals surface area (Å²) in [7, 11) is 0. The average Bonchev–Trinajstić information content (AvgIpc) is 3.47. The average molecular weight is 718 g/mol. The molecule has 8 aromatic carbocycles. The molecule has 3 aliphatic rings. The van der Waals surface area contributed by atoms with Gasteiger partial charge in [-0.3, -0.25) is 0 Å². The van der Waals surface area contributed by atoms with Gasteiger partial charge >= 0.3 is 0 Å². The Balaban J connectivity index is 1.16. The topological polar surface area (TPSA) is 9.72 Å². The summed E-state index contributed by atoms with van der Waals surface area (Å²) in [5.74, 6) is 0. The normalized spacial score (nSPS) is 14.0. The summed E-state index contributed by atoms with van der Waals surface area (Å²) < 4.78 is 0. The molecule has 3 nitrogen and oxygen atoms in total. The molecule has 0 atom stereocenters. The minimum absolute atomic E-state index is 0.0484. The molecule has 11 rings (SSSR count). The summed E-state index contributed by atoms with van der Waals surface area (Å²) in [4.78, 5) is 7.40. The Morgan fingerprint density at radius 2 is 1.00 bits per heavy atom. The molecule has 0 aromatic heterocycles. The Morgan fingerprint density at radius 1 is 0.429 bits per heavy atom. The molecule has 0 radical (unpaired) electrons. The van der Waals surface area contributed by atoms with E-state index in [2.05, 4.69) is 224 Å². The summed E-state index contributed by atoms with van der Waals surface area (Å²) in [5, 5.41) is 0. The fourth-order valence-corrected chi connectivity index (χ4v) is 9.79. The molecule has 2 aliphatic heterocycles. The quantitative estimate of drug-likeness (QED) is 0.164. The highest BCUT2D eigenvalue weighted by Gasteiger charge is 2.44. The standard InChI is InChI=1S/C52H40BN3/c1-35-31-49-51-50(32-35)56(39-27-29-44-42(33-39)41-23-13-14-24-43(41)52(44,2)3)47-26-16-15-25-45(47)53(51)46-30-28-40(34-48(46)55(49)38-21-11-6-12-22-38)54(36-17-7-4-8-18-36)37-19-9-5-10-20-37/h4-34H,1-3H3. The third-order valence-corrected chi connectivity index (χ3v) is 12.2. The van der Waals surface area contributed by atoms with Crippen molar-refractivity contribution < 1.29 is 0 Å². The molecule has 56 heavy (non-hydrogen) atoms. The van der Waals surface area contributed by atoms with Gasteiger partial charge in [-0.2, -0.15) is 0 Å². The molecule has 0 amide bonds. The minimum atomic E-state index is -0.0484. The maximum atomic E-state index is 2.53. The van der Waals surface area contributed by atoms with Crippen molar-refractivity contribution in [2.75, 3.05) is 14.7 Å². The predicted octanol–water partition coefficient (Wildman–Crippen LogP) is 11.9. The second-order valence-corrected chi connectivity index (χ2v) is 15.9. The van der Waals surface area contributed by atoms with Crippen molar-refractivity contribution in [3.8, 4) is 11.1 Å². The number of hydrogen-bond acceptors (Lipinski definition) is 3. The lowest BCUT2D eigenvalue weighted by Gasteiger charge is -2.44. The van der Waals surface area contributed by atoms with E-state index < -0.39 is 0 Å². The number of rotatable bonds is 5. The number of benzene rings is 8. The zero-order valence-corrected chi connectivity index (χ0v) is 31.8. The van der Waals surface area contributed by atoms with Gasteiger partial charge < -0.3 is 14.7 Å². The first-order valence-corrected chi connectivity index (χ1v) is 19.6. The zero-order chi connectivity index (χ0) is 37.5. The number of para-hydroxylation sites is 4. The zero-order valence-electron chi connectivity index (χ0n) is 31.8. The molecular formula is C52H40BN3. The summed E-state index contributed by atoms with van der Waals surface area (Å²) in [5.41, 5.74) is 21.1. The van der Waals surface area contributed by atoms with Crippen LogP contribution < -0.4 is 31.1 Å². The maximum absolute atomic E-state index is 2.53. The Labute approximate surface area is 329 Å². The van der Waals surface area contributed by atoms with Crippen molar-refractivity contribution in [1.29, 1.82) is 0 Å². The van der Waals surface area contributed by atoms with Crippen LogP contribution in [0.3, 0.4) is 0 Å². The van der Waals surface area contributed by atoms with E-state index in [-0.39, 0.29) is 12.1 Å². The molecule has 266 valence electrons. The maximum Gasteiger partial charge on any atom is 0.252 e. The Morgan fingerprint density at radius 3 is 1.71 bits per heavy atom. The summed E-state index contributed by atoms with van der Waals surface area (Å²) in [6.07, 6.45) is 0. The van der Waals surface area contributed by atoms with Crippen LogP contribution in [-0.2, 0) is 5.41 Å². The number of anilines is 9. The summed E-state index contributed by atoms with van der Waals surface area (Å²) in [6.45, 7) is 7.01. The smallest absolute Gasteiger partial charge is 0.252 e. The fourth-order valence-electron chi connectivity index (χ4n) is 9.79. The molecule has 8 aromatic rings. The number of fused-ring (bicyclic) bond motifs is 7. The van der Waals surface area contributed by atoms with E-state index in [1.807, 2.05) is 0 Å². The van der Waals surface area contributed by atoms with Gasteiger partial charge in [0.2, 0.25) is 0 Å². The second kappa shape index (κ2) is 12.4. The second-order valence-electron chi connectivity index (χ2n) is 15.9. The molecule has 0 unspecified atom stereocenters. The first-order chi connectivity index (χ1) is 27.5. The first kappa shape index (κ1) is 32.6. The molecular weight excluding hydrogens is 677 g/mol. The highest BCUT2D eigenvalue weighted by molar-refractivity contribution is 7.00. The van der Waals surface area contributed by atoms with Gasteiger partial charge in [0.1, 0.15) is 0 Å². The van der Waals surface area contributed by atoms with Gasteiger partial charge in [-0.15, -0.1) is 0 Å². The highest BCUT2D eigenvalue weighted by atomic mass is 15.2. The third kappa shape index (κ3) is 4.78. The highest BCUT2D eigenvalue weighted by Crippen LogP contribution is 2.52. The lowest BCUT2D eigenvalue weighted by molar-refractivity contribution is 0.660. The number of aryl methyl sites for hydroxylation is 1. The van der Waals surface area contributed by atoms with Gasteiger partial charge in [-0.1, -0.05) is 123 Å². The molecule has 0 spiro atoms. The van der Waals surface area contributed by atoms with Crippen LogP contribution in [0.2, 0.25) is 0 Å². The lowest BCUT2D eigenvalue weighted by Crippen LogP contribution is -2.61. The fraction of sp³-hybridized carbons (Fsp3) is 0.0769. The van der Waals surface area contributed by atoms with Crippen LogP contribution in [-0.4, -0.2) is 6.71 Å². The van der Waals surface area contributed by atoms with Crippen molar-refractivity contribution in [3.05, 3.63) is 205 Å². The molecule has 0 fully saturated rings. The van der Waals surface area contributed by atoms with E-state index in [9.17, 15) is 0 Å². The van der Waals surface area contributed by atoms with E-state index >= 15 is 0 Å². The van der Waals surface area contributed by atoms with Crippen LogP contribution >= 0.6 is 0 Å². The van der Waals surface area contributed by atoms with Crippen molar-refractivity contribution in [1.82, 2.24) is 0 Å². The van der Waals surface area contributed by atoms with Crippen molar-refractivity contribution >= 4 is 74.3 Å². The molecule has 4 heteroatoms. The van der Waals surface area contributed by atoms with Gasteiger partial charge in [0, 0.05) is 56.6 Å². The largest absolute Gasteiger partial charge is 0.311 e.